The third kappa shape index (κ3) is 6.55. The number of rotatable bonds is 6. The van der Waals surface area contributed by atoms with Gasteiger partial charge in [-0.05, 0) is 47.0 Å². The molecule has 1 heterocycles. The molecule has 108 valence electrons. The van der Waals surface area contributed by atoms with Crippen molar-refractivity contribution in [1.82, 2.24) is 15.2 Å². The van der Waals surface area contributed by atoms with Crippen LogP contribution in [0, 0.1) is 0 Å². The highest BCUT2D eigenvalue weighted by Gasteiger charge is 2.09. The molecule has 0 saturated heterocycles. The lowest BCUT2D eigenvalue weighted by molar-refractivity contribution is 0.415. The molecule has 0 aromatic carbocycles. The largest absolute Gasteiger partial charge is 0.358 e. The highest BCUT2D eigenvalue weighted by atomic mass is 15.2. The summed E-state index contributed by atoms with van der Waals surface area (Å²) in [5.74, 6) is 1.04. The van der Waals surface area contributed by atoms with Crippen LogP contribution >= 0.6 is 0 Å². The van der Waals surface area contributed by atoms with Crippen molar-refractivity contribution in [3.8, 4) is 0 Å². The molecule has 0 fully saturated rings. The van der Waals surface area contributed by atoms with Crippen molar-refractivity contribution in [3.05, 3.63) is 23.9 Å². The first-order valence-electron chi connectivity index (χ1n) is 6.85. The van der Waals surface area contributed by atoms with Crippen LogP contribution in [0.2, 0.25) is 0 Å². The summed E-state index contributed by atoms with van der Waals surface area (Å²) in [4.78, 5) is 9.08. The van der Waals surface area contributed by atoms with Gasteiger partial charge in [-0.25, -0.2) is 4.98 Å². The minimum Gasteiger partial charge on any atom is -0.358 e. The molecule has 0 aliphatic carbocycles. The Bertz CT molecular complexity index is 382. The fraction of sp³-hybridized carbons (Fsp3) is 0.667. The van der Waals surface area contributed by atoms with Gasteiger partial charge in [0.1, 0.15) is 5.82 Å². The van der Waals surface area contributed by atoms with Gasteiger partial charge in [0.2, 0.25) is 0 Å². The summed E-state index contributed by atoms with van der Waals surface area (Å²) in [5, 5.41) is 3.47. The van der Waals surface area contributed by atoms with E-state index in [0.717, 1.165) is 31.1 Å². The maximum Gasteiger partial charge on any atom is 0.128 e. The number of likely N-dealkylation sites (N-methyl/N-ethyl adjacent to an activating group) is 2. The SMILES string of the molecule is CN(C)CCN(C)c1cccc(CNC(C)(C)C)n1. The molecule has 0 aliphatic rings. The molecule has 1 aromatic rings. The maximum absolute atomic E-state index is 4.70. The summed E-state index contributed by atoms with van der Waals surface area (Å²) in [7, 11) is 6.27. The van der Waals surface area contributed by atoms with Gasteiger partial charge in [0.25, 0.3) is 0 Å². The monoisotopic (exact) mass is 264 g/mol. The normalized spacial score (nSPS) is 11.9. The van der Waals surface area contributed by atoms with E-state index in [1.54, 1.807) is 0 Å². The van der Waals surface area contributed by atoms with Gasteiger partial charge in [-0.15, -0.1) is 0 Å². The topological polar surface area (TPSA) is 31.4 Å². The van der Waals surface area contributed by atoms with Gasteiger partial charge < -0.3 is 15.1 Å². The minimum absolute atomic E-state index is 0.120. The fourth-order valence-electron chi connectivity index (χ4n) is 1.60. The van der Waals surface area contributed by atoms with E-state index in [2.05, 4.69) is 75.2 Å². The van der Waals surface area contributed by atoms with Gasteiger partial charge in [0.15, 0.2) is 0 Å². The van der Waals surface area contributed by atoms with Crippen LogP contribution < -0.4 is 10.2 Å². The first-order valence-corrected chi connectivity index (χ1v) is 6.85. The highest BCUT2D eigenvalue weighted by molar-refractivity contribution is 5.38. The Hall–Kier alpha value is -1.13. The third-order valence-corrected chi connectivity index (χ3v) is 2.87. The number of hydrogen-bond acceptors (Lipinski definition) is 4. The molecule has 1 N–H and O–H groups in total. The molecule has 19 heavy (non-hydrogen) atoms. The number of nitrogens with one attached hydrogen (secondary N) is 1. The molecule has 1 aromatic heterocycles. The van der Waals surface area contributed by atoms with Gasteiger partial charge >= 0.3 is 0 Å². The van der Waals surface area contributed by atoms with Crippen LogP contribution in [-0.2, 0) is 6.54 Å². The second-order valence-electron chi connectivity index (χ2n) is 6.32. The predicted octanol–water partition coefficient (Wildman–Crippen LogP) is 1.97. The van der Waals surface area contributed by atoms with Gasteiger partial charge in [0.05, 0.1) is 5.69 Å². The van der Waals surface area contributed by atoms with E-state index < -0.39 is 0 Å². The van der Waals surface area contributed by atoms with Crippen LogP contribution in [-0.4, -0.2) is 49.7 Å². The number of hydrogen-bond donors (Lipinski definition) is 1. The third-order valence-electron chi connectivity index (χ3n) is 2.87. The van der Waals surface area contributed by atoms with Crippen LogP contribution in [0.4, 0.5) is 5.82 Å². The average molecular weight is 264 g/mol. The van der Waals surface area contributed by atoms with Crippen molar-refractivity contribution >= 4 is 5.82 Å². The number of pyridine rings is 1. The van der Waals surface area contributed by atoms with E-state index >= 15 is 0 Å². The van der Waals surface area contributed by atoms with Gasteiger partial charge in [-0.1, -0.05) is 6.07 Å². The van der Waals surface area contributed by atoms with Crippen LogP contribution in [0.25, 0.3) is 0 Å². The van der Waals surface area contributed by atoms with E-state index in [1.807, 2.05) is 0 Å². The molecular weight excluding hydrogens is 236 g/mol. The van der Waals surface area contributed by atoms with E-state index in [1.165, 1.54) is 0 Å². The molecule has 1 rings (SSSR count). The van der Waals surface area contributed by atoms with Crippen LogP contribution in [0.15, 0.2) is 18.2 Å². The highest BCUT2D eigenvalue weighted by Crippen LogP contribution is 2.10. The van der Waals surface area contributed by atoms with E-state index in [0.29, 0.717) is 0 Å². The number of aromatic nitrogens is 1. The zero-order valence-electron chi connectivity index (χ0n) is 13.2. The summed E-state index contributed by atoms with van der Waals surface area (Å²) in [6.45, 7) is 9.32. The summed E-state index contributed by atoms with van der Waals surface area (Å²) in [6, 6.07) is 6.21. The second-order valence-corrected chi connectivity index (χ2v) is 6.32. The standard InChI is InChI=1S/C15H28N4/c1-15(2,3)16-12-13-8-7-9-14(17-13)19(6)11-10-18(4)5/h7-9,16H,10-12H2,1-6H3. The molecule has 0 spiro atoms. The summed E-state index contributed by atoms with van der Waals surface area (Å²) < 4.78 is 0. The first-order chi connectivity index (χ1) is 8.78. The lowest BCUT2D eigenvalue weighted by atomic mass is 10.1. The Morgan fingerprint density at radius 1 is 1.11 bits per heavy atom. The predicted molar refractivity (Wildman–Crippen MR) is 82.7 cm³/mol. The van der Waals surface area contributed by atoms with E-state index in [-0.39, 0.29) is 5.54 Å². The zero-order chi connectivity index (χ0) is 14.5. The van der Waals surface area contributed by atoms with Gasteiger partial charge in [-0.3, -0.25) is 0 Å². The lowest BCUT2D eigenvalue weighted by Crippen LogP contribution is -2.35. The average Bonchev–Trinajstić information content (AvgIpc) is 2.33. The smallest absolute Gasteiger partial charge is 0.128 e. The summed E-state index contributed by atoms with van der Waals surface area (Å²) in [6.07, 6.45) is 0. The number of anilines is 1. The molecule has 0 radical (unpaired) electrons. The molecule has 4 heteroatoms. The summed E-state index contributed by atoms with van der Waals surface area (Å²) >= 11 is 0. The van der Waals surface area contributed by atoms with Crippen molar-refractivity contribution in [2.75, 3.05) is 39.1 Å². The second kappa shape index (κ2) is 6.87. The van der Waals surface area contributed by atoms with Crippen LogP contribution in [0.3, 0.4) is 0 Å². The van der Waals surface area contributed by atoms with Crippen molar-refractivity contribution < 1.29 is 0 Å². The molecule has 0 saturated carbocycles. The Morgan fingerprint density at radius 3 is 2.37 bits per heavy atom. The van der Waals surface area contributed by atoms with Gasteiger partial charge in [0, 0.05) is 32.2 Å². The van der Waals surface area contributed by atoms with E-state index in [4.69, 9.17) is 4.98 Å². The Morgan fingerprint density at radius 2 is 1.79 bits per heavy atom. The Balaban J connectivity index is 2.60. The Kier molecular flexibility index (Phi) is 5.76. The van der Waals surface area contributed by atoms with Crippen molar-refractivity contribution in [1.29, 1.82) is 0 Å². The van der Waals surface area contributed by atoms with Crippen LogP contribution in [0.5, 0.6) is 0 Å². The number of nitrogens with zero attached hydrogens (tertiary/aromatic N) is 3. The molecular formula is C15H28N4. The van der Waals surface area contributed by atoms with Crippen molar-refractivity contribution in [3.63, 3.8) is 0 Å². The minimum atomic E-state index is 0.120. The molecule has 0 amide bonds. The van der Waals surface area contributed by atoms with Crippen LogP contribution in [0.1, 0.15) is 26.5 Å². The molecule has 0 aliphatic heterocycles. The molecule has 0 atom stereocenters. The summed E-state index contributed by atoms with van der Waals surface area (Å²) in [5.41, 5.74) is 1.21. The Labute approximate surface area is 117 Å². The lowest BCUT2D eigenvalue weighted by Gasteiger charge is -2.22. The maximum atomic E-state index is 4.70. The van der Waals surface area contributed by atoms with E-state index in [9.17, 15) is 0 Å². The molecule has 0 unspecified atom stereocenters. The zero-order valence-corrected chi connectivity index (χ0v) is 13.2. The first kappa shape index (κ1) is 15.9. The van der Waals surface area contributed by atoms with Gasteiger partial charge in [-0.2, -0.15) is 0 Å². The van der Waals surface area contributed by atoms with Crippen molar-refractivity contribution in [2.45, 2.75) is 32.9 Å². The molecule has 0 bridgehead atoms. The van der Waals surface area contributed by atoms with Crippen molar-refractivity contribution in [2.24, 2.45) is 0 Å². The molecule has 4 nitrogen and oxygen atoms in total. The quantitative estimate of drug-likeness (QED) is 0.851. The fourth-order valence-corrected chi connectivity index (χ4v) is 1.60.